The number of esters is 1. The van der Waals surface area contributed by atoms with E-state index in [2.05, 4.69) is 4.74 Å². The minimum atomic E-state index is -0.476. The van der Waals surface area contributed by atoms with Crippen LogP contribution < -0.4 is 0 Å². The largest absolute Gasteiger partial charge is 0.465 e. The number of furan rings is 1. The Kier molecular flexibility index (Phi) is 5.00. The molecule has 7 heteroatoms. The molecule has 0 aliphatic carbocycles. The van der Waals surface area contributed by atoms with E-state index in [0.717, 1.165) is 11.3 Å². The minimum Gasteiger partial charge on any atom is -0.465 e. The Labute approximate surface area is 137 Å². The zero-order chi connectivity index (χ0) is 17.1. The number of ether oxygens (including phenoxy) is 1. The lowest BCUT2D eigenvalue weighted by atomic mass is 10.2. The second-order valence-corrected chi connectivity index (χ2v) is 6.14. The molecule has 0 spiro atoms. The molecule has 0 saturated heterocycles. The summed E-state index contributed by atoms with van der Waals surface area (Å²) in [6.07, 6.45) is 0. The highest BCUT2D eigenvalue weighted by molar-refractivity contribution is 7.15. The fraction of sp³-hybridized carbons (Fsp3) is 0.312. The lowest BCUT2D eigenvalue weighted by molar-refractivity contribution is 0.0598. The van der Waals surface area contributed by atoms with Crippen molar-refractivity contribution in [1.82, 2.24) is 4.90 Å². The number of carbonyl (C=O) groups is 3. The van der Waals surface area contributed by atoms with E-state index in [4.69, 9.17) is 4.42 Å². The van der Waals surface area contributed by atoms with Crippen LogP contribution >= 0.6 is 11.3 Å². The first kappa shape index (κ1) is 17.0. The van der Waals surface area contributed by atoms with Gasteiger partial charge in [-0.05, 0) is 32.0 Å². The van der Waals surface area contributed by atoms with Crippen molar-refractivity contribution < 1.29 is 23.5 Å². The summed E-state index contributed by atoms with van der Waals surface area (Å²) in [5.74, 6) is 0.179. The number of thiophene rings is 1. The summed E-state index contributed by atoms with van der Waals surface area (Å²) in [4.78, 5) is 37.7. The zero-order valence-electron chi connectivity index (χ0n) is 13.3. The molecule has 2 aromatic rings. The van der Waals surface area contributed by atoms with Gasteiger partial charge in [-0.25, -0.2) is 4.79 Å². The Bertz CT molecular complexity index is 758. The summed E-state index contributed by atoms with van der Waals surface area (Å²) in [5.41, 5.74) is 0.346. The molecule has 0 saturated carbocycles. The van der Waals surface area contributed by atoms with Gasteiger partial charge in [0, 0.05) is 7.05 Å². The van der Waals surface area contributed by atoms with Gasteiger partial charge in [-0.1, -0.05) is 0 Å². The lowest BCUT2D eigenvalue weighted by Gasteiger charge is -2.14. The van der Waals surface area contributed by atoms with E-state index in [-0.39, 0.29) is 18.2 Å². The Morgan fingerprint density at radius 3 is 2.48 bits per heavy atom. The highest BCUT2D eigenvalue weighted by Gasteiger charge is 2.20. The fourth-order valence-corrected chi connectivity index (χ4v) is 2.97. The number of nitrogens with zero attached hydrogens (tertiary/aromatic N) is 1. The molecule has 122 valence electrons. The maximum absolute atomic E-state index is 12.4. The Morgan fingerprint density at radius 2 is 1.91 bits per heavy atom. The first-order valence-electron chi connectivity index (χ1n) is 6.87. The van der Waals surface area contributed by atoms with Crippen molar-refractivity contribution in [1.29, 1.82) is 0 Å². The summed E-state index contributed by atoms with van der Waals surface area (Å²) in [7, 11) is 2.93. The van der Waals surface area contributed by atoms with Crippen molar-refractivity contribution in [2.45, 2.75) is 20.4 Å². The number of hydrogen-bond acceptors (Lipinski definition) is 6. The minimum absolute atomic E-state index is 0.0684. The van der Waals surface area contributed by atoms with Crippen molar-refractivity contribution in [2.24, 2.45) is 0 Å². The van der Waals surface area contributed by atoms with Crippen LogP contribution in [0.4, 0.5) is 0 Å². The molecule has 0 radical (unpaired) electrons. The van der Waals surface area contributed by atoms with Crippen LogP contribution in [0.15, 0.2) is 22.6 Å². The third kappa shape index (κ3) is 3.68. The Morgan fingerprint density at radius 1 is 1.26 bits per heavy atom. The molecule has 2 rings (SSSR count). The molecule has 0 aromatic carbocycles. The van der Waals surface area contributed by atoms with Crippen molar-refractivity contribution in [3.05, 3.63) is 45.0 Å². The van der Waals surface area contributed by atoms with Crippen molar-refractivity contribution in [2.75, 3.05) is 14.2 Å². The molecular weight excluding hydrogens is 318 g/mol. The number of rotatable bonds is 5. The van der Waals surface area contributed by atoms with E-state index in [0.29, 0.717) is 26.8 Å². The zero-order valence-corrected chi connectivity index (χ0v) is 14.2. The topological polar surface area (TPSA) is 76.8 Å². The second-order valence-electron chi connectivity index (χ2n) is 5.06. The van der Waals surface area contributed by atoms with Crippen LogP contribution in [-0.2, 0) is 11.3 Å². The van der Waals surface area contributed by atoms with E-state index in [1.54, 1.807) is 32.2 Å². The summed E-state index contributed by atoms with van der Waals surface area (Å²) >= 11 is 1.16. The highest BCUT2D eigenvalue weighted by atomic mass is 32.1. The molecule has 23 heavy (non-hydrogen) atoms. The summed E-state index contributed by atoms with van der Waals surface area (Å²) < 4.78 is 10.2. The average Bonchev–Trinajstić information content (AvgIpc) is 3.12. The van der Waals surface area contributed by atoms with Gasteiger partial charge < -0.3 is 14.1 Å². The normalized spacial score (nSPS) is 10.4. The molecule has 0 aliphatic rings. The highest BCUT2D eigenvalue weighted by Crippen LogP contribution is 2.21. The summed E-state index contributed by atoms with van der Waals surface area (Å²) in [6, 6.07) is 4.84. The molecule has 0 atom stereocenters. The van der Waals surface area contributed by atoms with Gasteiger partial charge in [0.2, 0.25) is 0 Å². The van der Waals surface area contributed by atoms with Crippen molar-refractivity contribution in [3.63, 3.8) is 0 Å². The number of methoxy groups -OCH3 is 1. The van der Waals surface area contributed by atoms with Crippen LogP contribution in [0.2, 0.25) is 0 Å². The molecule has 6 nitrogen and oxygen atoms in total. The molecule has 2 heterocycles. The third-order valence-electron chi connectivity index (χ3n) is 3.28. The predicted molar refractivity (Wildman–Crippen MR) is 84.9 cm³/mol. The molecule has 2 aromatic heterocycles. The first-order chi connectivity index (χ1) is 10.8. The number of hydrogen-bond donors (Lipinski definition) is 0. The second kappa shape index (κ2) is 6.78. The van der Waals surface area contributed by atoms with E-state index >= 15 is 0 Å². The number of amides is 1. The molecule has 0 fully saturated rings. The van der Waals surface area contributed by atoms with E-state index in [9.17, 15) is 14.4 Å². The van der Waals surface area contributed by atoms with Gasteiger partial charge in [0.1, 0.15) is 17.1 Å². The first-order valence-corrected chi connectivity index (χ1v) is 7.69. The maximum atomic E-state index is 12.4. The molecule has 0 aliphatic heterocycles. The quantitative estimate of drug-likeness (QED) is 0.620. The monoisotopic (exact) mass is 335 g/mol. The SMILES string of the molecule is COC(=O)c1cc(CN(C)C(=O)c2ccc(C(C)=O)s2)oc1C. The summed E-state index contributed by atoms with van der Waals surface area (Å²) in [5, 5.41) is 0. The average molecular weight is 335 g/mol. The van der Waals surface area contributed by atoms with Gasteiger partial charge in [0.25, 0.3) is 5.91 Å². The summed E-state index contributed by atoms with van der Waals surface area (Å²) in [6.45, 7) is 3.34. The smallest absolute Gasteiger partial charge is 0.341 e. The van der Waals surface area contributed by atoms with Crippen molar-refractivity contribution in [3.8, 4) is 0 Å². The van der Waals surface area contributed by atoms with Crippen LogP contribution in [0.3, 0.4) is 0 Å². The van der Waals surface area contributed by atoms with E-state index in [1.165, 1.54) is 18.9 Å². The van der Waals surface area contributed by atoms with Crippen molar-refractivity contribution >= 4 is 29.0 Å². The third-order valence-corrected chi connectivity index (χ3v) is 4.45. The predicted octanol–water partition coefficient (Wildman–Crippen LogP) is 2.91. The molecule has 0 N–H and O–H groups in total. The molecule has 0 bridgehead atoms. The van der Waals surface area contributed by atoms with Crippen LogP contribution in [0.25, 0.3) is 0 Å². The van der Waals surface area contributed by atoms with E-state index < -0.39 is 5.97 Å². The number of carbonyl (C=O) groups excluding carboxylic acids is 3. The Balaban J connectivity index is 2.11. The van der Waals surface area contributed by atoms with Crippen LogP contribution in [0, 0.1) is 6.92 Å². The Hall–Kier alpha value is -2.41. The van der Waals surface area contributed by atoms with Gasteiger partial charge in [0.05, 0.1) is 23.4 Å². The number of aryl methyl sites for hydroxylation is 1. The fourth-order valence-electron chi connectivity index (χ4n) is 2.07. The van der Waals surface area contributed by atoms with Gasteiger partial charge >= 0.3 is 5.97 Å². The molecule has 1 amide bonds. The van der Waals surface area contributed by atoms with Crippen LogP contribution in [0.1, 0.15) is 48.1 Å². The number of ketones is 1. The van der Waals surface area contributed by atoms with Gasteiger partial charge in [-0.3, -0.25) is 9.59 Å². The van der Waals surface area contributed by atoms with Gasteiger partial charge in [-0.15, -0.1) is 11.3 Å². The van der Waals surface area contributed by atoms with Crippen LogP contribution in [0.5, 0.6) is 0 Å². The van der Waals surface area contributed by atoms with Gasteiger partial charge in [-0.2, -0.15) is 0 Å². The maximum Gasteiger partial charge on any atom is 0.341 e. The standard InChI is InChI=1S/C16H17NO5S/c1-9(18)13-5-6-14(23-13)15(19)17(3)8-11-7-12(10(2)22-11)16(20)21-4/h5-7H,8H2,1-4H3. The van der Waals surface area contributed by atoms with Crippen LogP contribution in [-0.4, -0.2) is 36.7 Å². The molecule has 0 unspecified atom stereocenters. The van der Waals surface area contributed by atoms with Gasteiger partial charge in [0.15, 0.2) is 5.78 Å². The van der Waals surface area contributed by atoms with E-state index in [1.807, 2.05) is 0 Å². The lowest BCUT2D eigenvalue weighted by Crippen LogP contribution is -2.25. The number of Topliss-reactive ketones (excluding diaryl/α,β-unsaturated/α-hetero) is 1. The molecular formula is C16H17NO5S.